The van der Waals surface area contributed by atoms with Crippen LogP contribution in [0.1, 0.15) is 24.3 Å². The summed E-state index contributed by atoms with van der Waals surface area (Å²) in [5, 5.41) is 1.08. The van der Waals surface area contributed by atoms with E-state index in [1.807, 2.05) is 6.07 Å². The quantitative estimate of drug-likeness (QED) is 0.721. The molecule has 0 saturated heterocycles. The molecule has 1 aromatic rings. The van der Waals surface area contributed by atoms with Crippen LogP contribution in [0.25, 0.3) is 0 Å². The number of rotatable bonds is 2. The number of ether oxygens (including phenoxy) is 1. The molecule has 0 fully saturated rings. The highest BCUT2D eigenvalue weighted by molar-refractivity contribution is 9.09. The number of fused-ring (bicyclic) bond motifs is 1. The van der Waals surface area contributed by atoms with Crippen molar-refractivity contribution in [2.45, 2.75) is 18.8 Å². The maximum Gasteiger partial charge on any atom is 0.122 e. The predicted molar refractivity (Wildman–Crippen MR) is 57.7 cm³/mol. The van der Waals surface area contributed by atoms with Crippen LogP contribution in [0.2, 0.25) is 0 Å². The van der Waals surface area contributed by atoms with Crippen LogP contribution in [-0.4, -0.2) is 11.9 Å². The van der Waals surface area contributed by atoms with Gasteiger partial charge in [-0.2, -0.15) is 0 Å². The Hall–Kier alpha value is -0.500. The lowest BCUT2D eigenvalue weighted by molar-refractivity contribution is 0.266. The summed E-state index contributed by atoms with van der Waals surface area (Å²) in [6.45, 7) is 0.870. The summed E-state index contributed by atoms with van der Waals surface area (Å²) >= 11 is 3.50. The molecule has 0 bridgehead atoms. The van der Waals surface area contributed by atoms with Crippen molar-refractivity contribution < 1.29 is 4.74 Å². The van der Waals surface area contributed by atoms with Gasteiger partial charge in [0.1, 0.15) is 5.75 Å². The first kappa shape index (κ1) is 9.07. The van der Waals surface area contributed by atoms with E-state index in [-0.39, 0.29) is 0 Å². The van der Waals surface area contributed by atoms with Crippen molar-refractivity contribution in [2.75, 3.05) is 11.9 Å². The van der Waals surface area contributed by atoms with Gasteiger partial charge in [-0.15, -0.1) is 0 Å². The average Bonchev–Trinajstić information content (AvgIpc) is 2.19. The van der Waals surface area contributed by atoms with Crippen LogP contribution in [0, 0.1) is 0 Å². The number of hydrogen-bond donors (Lipinski definition) is 0. The highest BCUT2D eigenvalue weighted by atomic mass is 79.9. The minimum Gasteiger partial charge on any atom is -0.493 e. The largest absolute Gasteiger partial charge is 0.493 e. The average molecular weight is 241 g/mol. The molecule has 0 aliphatic carbocycles. The van der Waals surface area contributed by atoms with Crippen LogP contribution in [0.5, 0.6) is 5.75 Å². The van der Waals surface area contributed by atoms with Crippen molar-refractivity contribution >= 4 is 15.9 Å². The molecule has 13 heavy (non-hydrogen) atoms. The van der Waals surface area contributed by atoms with Gasteiger partial charge in [0.15, 0.2) is 0 Å². The van der Waals surface area contributed by atoms with Crippen LogP contribution in [0.15, 0.2) is 24.3 Å². The molecule has 0 amide bonds. The number of alkyl halides is 1. The maximum absolute atomic E-state index is 5.58. The Morgan fingerprint density at radius 3 is 3.08 bits per heavy atom. The highest BCUT2D eigenvalue weighted by Crippen LogP contribution is 2.35. The van der Waals surface area contributed by atoms with Gasteiger partial charge in [-0.3, -0.25) is 0 Å². The summed E-state index contributed by atoms with van der Waals surface area (Å²) in [4.78, 5) is 0. The van der Waals surface area contributed by atoms with Gasteiger partial charge in [0.05, 0.1) is 6.61 Å². The molecule has 1 atom stereocenters. The molecule has 1 aliphatic rings. The number of para-hydroxylation sites is 1. The summed E-state index contributed by atoms with van der Waals surface area (Å²) in [5.74, 6) is 1.77. The summed E-state index contributed by atoms with van der Waals surface area (Å²) in [6.07, 6.45) is 2.36. The lowest BCUT2D eigenvalue weighted by Crippen LogP contribution is -2.14. The summed E-state index contributed by atoms with van der Waals surface area (Å²) in [7, 11) is 0. The molecule has 0 saturated carbocycles. The van der Waals surface area contributed by atoms with E-state index in [1.165, 1.54) is 12.0 Å². The molecule has 1 unspecified atom stereocenters. The van der Waals surface area contributed by atoms with Gasteiger partial charge in [-0.05, 0) is 30.4 Å². The smallest absolute Gasteiger partial charge is 0.122 e. The second kappa shape index (κ2) is 4.14. The van der Waals surface area contributed by atoms with Crippen molar-refractivity contribution in [3.63, 3.8) is 0 Å². The number of halogens is 1. The fourth-order valence-corrected chi connectivity index (χ4v) is 2.40. The first-order valence-electron chi connectivity index (χ1n) is 4.69. The Morgan fingerprint density at radius 2 is 2.23 bits per heavy atom. The highest BCUT2D eigenvalue weighted by Gasteiger charge is 2.19. The third kappa shape index (κ3) is 1.88. The molecular formula is C11H13BrO. The maximum atomic E-state index is 5.58. The molecule has 0 spiro atoms. The molecule has 2 heteroatoms. The van der Waals surface area contributed by atoms with Crippen LogP contribution in [-0.2, 0) is 0 Å². The summed E-state index contributed by atoms with van der Waals surface area (Å²) in [5.41, 5.74) is 1.38. The monoisotopic (exact) mass is 240 g/mol. The standard InChI is InChI=1S/C11H13BrO/c12-7-5-9-6-8-13-11-4-2-1-3-10(9)11/h1-4,9H,5-8H2. The van der Waals surface area contributed by atoms with Crippen LogP contribution >= 0.6 is 15.9 Å². The lowest BCUT2D eigenvalue weighted by Gasteiger charge is -2.25. The summed E-state index contributed by atoms with van der Waals surface area (Å²) < 4.78 is 5.58. The second-order valence-corrected chi connectivity index (χ2v) is 4.14. The Kier molecular flexibility index (Phi) is 2.89. The zero-order valence-electron chi connectivity index (χ0n) is 7.50. The Bertz CT molecular complexity index is 285. The van der Waals surface area contributed by atoms with Gasteiger partial charge in [0, 0.05) is 5.33 Å². The van der Waals surface area contributed by atoms with Gasteiger partial charge in [0.25, 0.3) is 0 Å². The van der Waals surface area contributed by atoms with Crippen LogP contribution < -0.4 is 4.74 Å². The van der Waals surface area contributed by atoms with Crippen molar-refractivity contribution in [1.29, 1.82) is 0 Å². The fraction of sp³-hybridized carbons (Fsp3) is 0.455. The van der Waals surface area contributed by atoms with E-state index >= 15 is 0 Å². The SMILES string of the molecule is BrCCC1CCOc2ccccc21. The van der Waals surface area contributed by atoms with Crippen molar-refractivity contribution in [1.82, 2.24) is 0 Å². The minimum atomic E-state index is 0.685. The number of hydrogen-bond acceptors (Lipinski definition) is 1. The Labute approximate surface area is 87.2 Å². The van der Waals surface area contributed by atoms with Crippen LogP contribution in [0.4, 0.5) is 0 Å². The lowest BCUT2D eigenvalue weighted by atomic mass is 9.91. The first-order valence-corrected chi connectivity index (χ1v) is 5.81. The zero-order valence-corrected chi connectivity index (χ0v) is 9.09. The molecular weight excluding hydrogens is 228 g/mol. The Balaban J connectivity index is 2.26. The third-order valence-corrected chi connectivity index (χ3v) is 3.00. The van der Waals surface area contributed by atoms with E-state index in [0.717, 1.165) is 24.1 Å². The van der Waals surface area contributed by atoms with E-state index in [9.17, 15) is 0 Å². The van der Waals surface area contributed by atoms with Crippen molar-refractivity contribution in [2.24, 2.45) is 0 Å². The fourth-order valence-electron chi connectivity index (χ4n) is 1.85. The van der Waals surface area contributed by atoms with E-state index < -0.39 is 0 Å². The molecule has 1 heterocycles. The topological polar surface area (TPSA) is 9.23 Å². The number of benzene rings is 1. The Morgan fingerprint density at radius 1 is 1.38 bits per heavy atom. The van der Waals surface area contributed by atoms with E-state index in [0.29, 0.717) is 5.92 Å². The van der Waals surface area contributed by atoms with Gasteiger partial charge >= 0.3 is 0 Å². The summed E-state index contributed by atoms with van der Waals surface area (Å²) in [6, 6.07) is 8.38. The molecule has 1 aliphatic heterocycles. The predicted octanol–water partition coefficient (Wildman–Crippen LogP) is 3.34. The van der Waals surface area contributed by atoms with Crippen molar-refractivity contribution in [3.05, 3.63) is 29.8 Å². The molecule has 0 N–H and O–H groups in total. The second-order valence-electron chi connectivity index (χ2n) is 3.35. The van der Waals surface area contributed by atoms with E-state index in [1.54, 1.807) is 0 Å². The van der Waals surface area contributed by atoms with Gasteiger partial charge in [-0.1, -0.05) is 34.1 Å². The van der Waals surface area contributed by atoms with Crippen LogP contribution in [0.3, 0.4) is 0 Å². The normalized spacial score (nSPS) is 20.5. The molecule has 0 aromatic heterocycles. The van der Waals surface area contributed by atoms with Crippen molar-refractivity contribution in [3.8, 4) is 5.75 Å². The molecule has 70 valence electrons. The van der Waals surface area contributed by atoms with Gasteiger partial charge in [0.2, 0.25) is 0 Å². The minimum absolute atomic E-state index is 0.685. The molecule has 1 aromatic carbocycles. The zero-order chi connectivity index (χ0) is 9.10. The van der Waals surface area contributed by atoms with E-state index in [2.05, 4.69) is 34.1 Å². The molecule has 1 nitrogen and oxygen atoms in total. The van der Waals surface area contributed by atoms with E-state index in [4.69, 9.17) is 4.74 Å². The molecule has 2 rings (SSSR count). The van der Waals surface area contributed by atoms with Gasteiger partial charge < -0.3 is 4.74 Å². The first-order chi connectivity index (χ1) is 6.42. The molecule has 0 radical (unpaired) electrons. The third-order valence-electron chi connectivity index (χ3n) is 2.54. The van der Waals surface area contributed by atoms with Gasteiger partial charge in [-0.25, -0.2) is 0 Å².